The van der Waals surface area contributed by atoms with Crippen LogP contribution in [0.15, 0.2) is 24.3 Å². The van der Waals surface area contributed by atoms with E-state index in [1.807, 2.05) is 0 Å². The molecule has 0 aromatic heterocycles. The van der Waals surface area contributed by atoms with Crippen molar-refractivity contribution in [1.29, 1.82) is 5.41 Å². The van der Waals surface area contributed by atoms with E-state index in [4.69, 9.17) is 60.5 Å². The maximum atomic E-state index is 11.3. The molecule has 3 atom stereocenters. The fourth-order valence-electron chi connectivity index (χ4n) is 2.38. The van der Waals surface area contributed by atoms with E-state index in [9.17, 15) is 34.4 Å². The van der Waals surface area contributed by atoms with E-state index in [-0.39, 0.29) is 24.5 Å². The quantitative estimate of drug-likeness (QED) is 0.0315. The Morgan fingerprint density at radius 3 is 1.90 bits per heavy atom. The molecule has 1 rings (SSSR count). The highest BCUT2D eigenvalue weighted by Crippen LogP contribution is 2.20. The zero-order chi connectivity index (χ0) is 31.4. The molecule has 0 aliphatic heterocycles. The Hall–Kier alpha value is -3.77. The van der Waals surface area contributed by atoms with Crippen LogP contribution in [0, 0.1) is 15.5 Å². The summed E-state index contributed by atoms with van der Waals surface area (Å²) in [5.74, 6) is -4.02. The predicted octanol–water partition coefficient (Wildman–Crippen LogP) is -0.494. The SMILES string of the molecule is N=C(N)NCCCC(N)C(=O)O.O=C(N[C@H](CO)[C@H](O)c1ccc([N+](=O)[O-])cc1)C(Cl)Cl.O=C(O)CCC(=O)O. The number of carboxylic acid groups (broad SMARTS) is 3. The van der Waals surface area contributed by atoms with Crippen molar-refractivity contribution in [3.05, 3.63) is 39.9 Å². The van der Waals surface area contributed by atoms with Crippen LogP contribution in [0.3, 0.4) is 0 Å². The van der Waals surface area contributed by atoms with Crippen LogP contribution in [0.25, 0.3) is 0 Å². The summed E-state index contributed by atoms with van der Waals surface area (Å²) in [6.45, 7) is -0.0687. The Morgan fingerprint density at radius 1 is 1.05 bits per heavy atom. The Bertz CT molecular complexity index is 968. The van der Waals surface area contributed by atoms with Crippen molar-refractivity contribution in [3.8, 4) is 0 Å². The topological polar surface area (TPSA) is 313 Å². The largest absolute Gasteiger partial charge is 0.481 e. The summed E-state index contributed by atoms with van der Waals surface area (Å²) in [6.07, 6.45) is -0.871. The lowest BCUT2D eigenvalue weighted by molar-refractivity contribution is -0.384. The average Bonchev–Trinajstić information content (AvgIpc) is 2.88. The Kier molecular flexibility index (Phi) is 20.2. The number of aliphatic hydroxyl groups is 2. The van der Waals surface area contributed by atoms with Crippen LogP contribution in [-0.4, -0.2) is 90.3 Å². The maximum Gasteiger partial charge on any atom is 0.320 e. The predicted molar refractivity (Wildman–Crippen MR) is 142 cm³/mol. The number of nitrogens with two attached hydrogens (primary N) is 2. The molecule has 40 heavy (non-hydrogen) atoms. The van der Waals surface area contributed by atoms with Gasteiger partial charge >= 0.3 is 17.9 Å². The van der Waals surface area contributed by atoms with Gasteiger partial charge in [0.1, 0.15) is 12.1 Å². The number of carbonyl (C=O) groups excluding carboxylic acids is 1. The number of non-ortho nitro benzene ring substituents is 1. The minimum absolute atomic E-state index is 0.112. The zero-order valence-electron chi connectivity index (χ0n) is 20.9. The first kappa shape index (κ1) is 38.4. The van der Waals surface area contributed by atoms with Crippen LogP contribution < -0.4 is 22.1 Å². The number of nitrogens with one attached hydrogen (secondary N) is 3. The van der Waals surface area contributed by atoms with Crippen molar-refractivity contribution < 1.29 is 49.6 Å². The van der Waals surface area contributed by atoms with Crippen molar-refractivity contribution in [2.75, 3.05) is 13.2 Å². The maximum absolute atomic E-state index is 11.3. The summed E-state index contributed by atoms with van der Waals surface area (Å²) >= 11 is 10.7. The number of alkyl halides is 2. The number of nitro benzene ring substituents is 1. The zero-order valence-corrected chi connectivity index (χ0v) is 22.4. The molecular weight excluding hydrogens is 583 g/mol. The summed E-state index contributed by atoms with van der Waals surface area (Å²) in [7, 11) is 0. The number of hydrogen-bond donors (Lipinski definition) is 10. The number of nitro groups is 1. The monoisotopic (exact) mass is 614 g/mol. The van der Waals surface area contributed by atoms with Gasteiger partial charge in [-0.05, 0) is 30.5 Å². The summed E-state index contributed by atoms with van der Waals surface area (Å²) in [5.41, 5.74) is 10.4. The van der Waals surface area contributed by atoms with Gasteiger partial charge in [0.15, 0.2) is 10.8 Å². The first-order valence-corrected chi connectivity index (χ1v) is 12.0. The Morgan fingerprint density at radius 2 is 1.55 bits per heavy atom. The average molecular weight is 615 g/mol. The normalized spacial score (nSPS) is 12.2. The molecule has 0 aliphatic carbocycles. The number of benzene rings is 1. The smallest absolute Gasteiger partial charge is 0.320 e. The molecule has 0 spiro atoms. The van der Waals surface area contributed by atoms with Gasteiger partial charge in [0.2, 0.25) is 0 Å². The highest BCUT2D eigenvalue weighted by Gasteiger charge is 2.24. The molecule has 0 heterocycles. The van der Waals surface area contributed by atoms with Gasteiger partial charge in [-0.25, -0.2) is 0 Å². The van der Waals surface area contributed by atoms with Gasteiger partial charge in [-0.2, -0.15) is 0 Å². The first-order chi connectivity index (χ1) is 18.5. The third-order valence-electron chi connectivity index (χ3n) is 4.43. The standard InChI is InChI=1S/C11H12Cl2N2O5.C6H14N4O2.C4H6O4/c12-10(13)11(18)14-8(5-16)9(17)6-1-3-7(4-2-6)15(19)20;7-4(5(11)12)2-1-3-10-6(8)9;5-3(6)1-2-4(7)8/h1-4,8-10,16-17H,5H2,(H,14,18);4H,1-3,7H2,(H,11,12)(H4,8,9,10);1-2H2,(H,5,6)(H,7,8)/t8-,9-;;/m1../s1. The molecule has 19 heteroatoms. The summed E-state index contributed by atoms with van der Waals surface area (Å²) < 4.78 is 0. The summed E-state index contributed by atoms with van der Waals surface area (Å²) in [5, 5.41) is 65.5. The molecule has 12 N–H and O–H groups in total. The lowest BCUT2D eigenvalue weighted by Gasteiger charge is -2.22. The Labute approximate surface area is 237 Å². The Balaban J connectivity index is 0. The molecule has 226 valence electrons. The number of aliphatic carboxylic acids is 3. The number of carbonyl (C=O) groups is 4. The highest BCUT2D eigenvalue weighted by atomic mass is 35.5. The number of nitrogens with zero attached hydrogens (tertiary/aromatic N) is 1. The van der Waals surface area contributed by atoms with Crippen LogP contribution >= 0.6 is 23.2 Å². The molecular formula is C21H32Cl2N6O11. The lowest BCUT2D eigenvalue weighted by atomic mass is 10.0. The third kappa shape index (κ3) is 19.3. The van der Waals surface area contributed by atoms with Crippen molar-refractivity contribution in [2.45, 2.75) is 48.7 Å². The third-order valence-corrected chi connectivity index (χ3v) is 4.82. The lowest BCUT2D eigenvalue weighted by Crippen LogP contribution is -2.44. The second-order valence-corrected chi connectivity index (χ2v) is 8.70. The number of hydrogen-bond acceptors (Lipinski definition) is 10. The van der Waals surface area contributed by atoms with Gasteiger partial charge in [-0.15, -0.1) is 0 Å². The number of guanidine groups is 1. The van der Waals surface area contributed by atoms with Crippen LogP contribution in [0.1, 0.15) is 37.4 Å². The summed E-state index contributed by atoms with van der Waals surface area (Å²) in [4.78, 5) is 49.4. The van der Waals surface area contributed by atoms with Crippen LogP contribution in [0.5, 0.6) is 0 Å². The number of rotatable bonds is 14. The van der Waals surface area contributed by atoms with E-state index in [0.717, 1.165) is 0 Å². The molecule has 0 aliphatic rings. The molecule has 1 amide bonds. The molecule has 1 aromatic carbocycles. The number of aliphatic hydroxyl groups excluding tert-OH is 2. The van der Waals surface area contributed by atoms with Gasteiger partial charge in [0.05, 0.1) is 30.4 Å². The van der Waals surface area contributed by atoms with E-state index in [2.05, 4.69) is 10.6 Å². The van der Waals surface area contributed by atoms with E-state index in [1.165, 1.54) is 24.3 Å². The van der Waals surface area contributed by atoms with Gasteiger partial charge in [0.25, 0.3) is 11.6 Å². The second-order valence-electron chi connectivity index (χ2n) is 7.61. The van der Waals surface area contributed by atoms with Crippen LogP contribution in [-0.2, 0) is 19.2 Å². The molecule has 0 saturated heterocycles. The fraction of sp³-hybridized carbons (Fsp3) is 0.476. The van der Waals surface area contributed by atoms with Gasteiger partial charge in [0, 0.05) is 18.7 Å². The van der Waals surface area contributed by atoms with Crippen LogP contribution in [0.4, 0.5) is 5.69 Å². The molecule has 0 radical (unpaired) electrons. The number of halogens is 2. The molecule has 0 saturated carbocycles. The van der Waals surface area contributed by atoms with E-state index < -0.39 is 58.4 Å². The van der Waals surface area contributed by atoms with E-state index in [0.29, 0.717) is 24.9 Å². The summed E-state index contributed by atoms with van der Waals surface area (Å²) in [6, 6.07) is 3.23. The van der Waals surface area contributed by atoms with Crippen molar-refractivity contribution >= 4 is 58.7 Å². The van der Waals surface area contributed by atoms with Gasteiger partial charge < -0.3 is 47.6 Å². The molecule has 1 unspecified atom stereocenters. The minimum Gasteiger partial charge on any atom is -0.481 e. The molecule has 17 nitrogen and oxygen atoms in total. The minimum atomic E-state index is -1.33. The van der Waals surface area contributed by atoms with Crippen molar-refractivity contribution in [3.63, 3.8) is 0 Å². The van der Waals surface area contributed by atoms with E-state index in [1.54, 1.807) is 0 Å². The number of amides is 1. The molecule has 0 bridgehead atoms. The second kappa shape index (κ2) is 21.1. The first-order valence-electron chi connectivity index (χ1n) is 11.1. The number of carboxylic acids is 3. The van der Waals surface area contributed by atoms with Crippen molar-refractivity contribution in [2.24, 2.45) is 11.5 Å². The van der Waals surface area contributed by atoms with Crippen molar-refractivity contribution in [1.82, 2.24) is 10.6 Å². The fourth-order valence-corrected chi connectivity index (χ4v) is 2.50. The van der Waals surface area contributed by atoms with Gasteiger partial charge in [-0.3, -0.25) is 34.7 Å². The highest BCUT2D eigenvalue weighted by molar-refractivity contribution is 6.53. The molecule has 1 aromatic rings. The molecule has 0 fully saturated rings. The van der Waals surface area contributed by atoms with E-state index >= 15 is 0 Å². The van der Waals surface area contributed by atoms with Crippen LogP contribution in [0.2, 0.25) is 0 Å². The van der Waals surface area contributed by atoms with Gasteiger partial charge in [-0.1, -0.05) is 23.2 Å².